The Balaban J connectivity index is 2.00. The third kappa shape index (κ3) is 1.98. The average Bonchev–Trinajstić information content (AvgIpc) is 2.47. The zero-order valence-electron chi connectivity index (χ0n) is 12.5. The van der Waals surface area contributed by atoms with E-state index in [1.165, 1.54) is 16.8 Å². The Hall–Kier alpha value is -1.57. The fraction of sp³-hybridized carbons (Fsp3) is 0.500. The Morgan fingerprint density at radius 2 is 2.10 bits per heavy atom. The molecule has 2 nitrogen and oxygen atoms in total. The van der Waals surface area contributed by atoms with Crippen LogP contribution in [0.5, 0.6) is 0 Å². The summed E-state index contributed by atoms with van der Waals surface area (Å²) >= 11 is 0. The normalized spacial score (nSPS) is 25.0. The number of carbonyl (C=O) groups excluding carboxylic acids is 1. The Bertz CT molecular complexity index is 560. The Morgan fingerprint density at radius 3 is 2.90 bits per heavy atom. The molecule has 1 heterocycles. The molecule has 0 spiro atoms. The molecule has 1 aromatic carbocycles. The topological polar surface area (TPSA) is 20.3 Å². The first-order valence-corrected chi connectivity index (χ1v) is 7.76. The molecule has 1 aliphatic carbocycles. The van der Waals surface area contributed by atoms with Gasteiger partial charge in [-0.1, -0.05) is 43.7 Å². The molecule has 1 atom stereocenters. The van der Waals surface area contributed by atoms with Crippen molar-refractivity contribution in [1.29, 1.82) is 0 Å². The van der Waals surface area contributed by atoms with Gasteiger partial charge >= 0.3 is 0 Å². The van der Waals surface area contributed by atoms with E-state index in [2.05, 4.69) is 49.1 Å². The monoisotopic (exact) mass is 269 g/mol. The van der Waals surface area contributed by atoms with Crippen LogP contribution in [0.2, 0.25) is 0 Å². The molecule has 1 aromatic rings. The van der Waals surface area contributed by atoms with E-state index in [9.17, 15) is 4.79 Å². The minimum absolute atomic E-state index is 0.0243. The van der Waals surface area contributed by atoms with Crippen LogP contribution in [0.15, 0.2) is 36.0 Å². The minimum Gasteiger partial charge on any atom is -0.316 e. The van der Waals surface area contributed by atoms with Gasteiger partial charge in [0, 0.05) is 24.1 Å². The number of fused-ring (bicyclic) bond motifs is 3. The lowest BCUT2D eigenvalue weighted by molar-refractivity contribution is -0.132. The van der Waals surface area contributed by atoms with Crippen LogP contribution >= 0.6 is 0 Å². The van der Waals surface area contributed by atoms with Crippen LogP contribution in [0, 0.1) is 0 Å². The standard InChI is InChI=1S/C18H23NO/c1-3-4-13-19-16-10-9-14-7-5-6-8-15(14)18(16,2)12-11-17(19)20/h5-8,10H,3-4,9,11-13H2,1-2H3. The van der Waals surface area contributed by atoms with E-state index in [1.54, 1.807) is 0 Å². The summed E-state index contributed by atoms with van der Waals surface area (Å²) < 4.78 is 0. The van der Waals surface area contributed by atoms with Gasteiger partial charge in [-0.15, -0.1) is 0 Å². The van der Waals surface area contributed by atoms with Crippen LogP contribution in [0.1, 0.15) is 50.7 Å². The van der Waals surface area contributed by atoms with Crippen molar-refractivity contribution in [1.82, 2.24) is 4.90 Å². The molecular formula is C18H23NO. The maximum Gasteiger partial charge on any atom is 0.226 e. The Labute approximate surface area is 121 Å². The van der Waals surface area contributed by atoms with Gasteiger partial charge in [0.15, 0.2) is 0 Å². The van der Waals surface area contributed by atoms with Gasteiger partial charge in [0.1, 0.15) is 0 Å². The van der Waals surface area contributed by atoms with E-state index in [-0.39, 0.29) is 5.41 Å². The smallest absolute Gasteiger partial charge is 0.226 e. The van der Waals surface area contributed by atoms with Crippen molar-refractivity contribution in [3.05, 3.63) is 47.2 Å². The summed E-state index contributed by atoms with van der Waals surface area (Å²) in [5.74, 6) is 0.307. The van der Waals surface area contributed by atoms with Crippen molar-refractivity contribution in [2.45, 2.75) is 51.4 Å². The number of hydrogen-bond donors (Lipinski definition) is 0. The van der Waals surface area contributed by atoms with Crippen LogP contribution in [0.4, 0.5) is 0 Å². The molecule has 2 aliphatic rings. The lowest BCUT2D eigenvalue weighted by atomic mass is 9.68. The molecule has 0 aromatic heterocycles. The molecule has 106 valence electrons. The van der Waals surface area contributed by atoms with E-state index in [0.717, 1.165) is 32.2 Å². The van der Waals surface area contributed by atoms with Gasteiger partial charge in [0.05, 0.1) is 0 Å². The quantitative estimate of drug-likeness (QED) is 0.817. The second-order valence-corrected chi connectivity index (χ2v) is 6.18. The summed E-state index contributed by atoms with van der Waals surface area (Å²) in [6.45, 7) is 5.36. The van der Waals surface area contributed by atoms with E-state index in [1.807, 2.05) is 0 Å². The van der Waals surface area contributed by atoms with E-state index in [0.29, 0.717) is 12.3 Å². The number of nitrogens with zero attached hydrogens (tertiary/aromatic N) is 1. The van der Waals surface area contributed by atoms with Gasteiger partial charge in [-0.25, -0.2) is 0 Å². The fourth-order valence-electron chi connectivity index (χ4n) is 3.66. The lowest BCUT2D eigenvalue weighted by Gasteiger charge is -2.46. The zero-order valence-corrected chi connectivity index (χ0v) is 12.5. The average molecular weight is 269 g/mol. The predicted molar refractivity (Wildman–Crippen MR) is 81.4 cm³/mol. The number of likely N-dealkylation sites (tertiary alicyclic amines) is 1. The zero-order chi connectivity index (χ0) is 14.2. The predicted octanol–water partition coefficient (Wildman–Crippen LogP) is 3.81. The second kappa shape index (κ2) is 5.08. The van der Waals surface area contributed by atoms with Crippen LogP contribution < -0.4 is 0 Å². The molecule has 1 amide bonds. The summed E-state index contributed by atoms with van der Waals surface area (Å²) in [5.41, 5.74) is 4.12. The molecule has 0 N–H and O–H groups in total. The van der Waals surface area contributed by atoms with Gasteiger partial charge in [-0.3, -0.25) is 4.79 Å². The maximum absolute atomic E-state index is 12.3. The first-order valence-electron chi connectivity index (χ1n) is 7.76. The summed E-state index contributed by atoms with van der Waals surface area (Å²) in [7, 11) is 0. The van der Waals surface area contributed by atoms with Crippen LogP contribution in [0.3, 0.4) is 0 Å². The van der Waals surface area contributed by atoms with E-state index >= 15 is 0 Å². The van der Waals surface area contributed by atoms with Crippen molar-refractivity contribution in [3.8, 4) is 0 Å². The number of allylic oxidation sites excluding steroid dienone is 2. The molecule has 1 saturated heterocycles. The number of amides is 1. The highest BCUT2D eigenvalue weighted by molar-refractivity contribution is 5.81. The lowest BCUT2D eigenvalue weighted by Crippen LogP contribution is -2.47. The number of rotatable bonds is 3. The van der Waals surface area contributed by atoms with E-state index in [4.69, 9.17) is 0 Å². The number of hydrogen-bond acceptors (Lipinski definition) is 1. The third-order valence-corrected chi connectivity index (χ3v) is 4.86. The largest absolute Gasteiger partial charge is 0.316 e. The number of carbonyl (C=O) groups is 1. The van der Waals surface area contributed by atoms with Crippen molar-refractivity contribution >= 4 is 5.91 Å². The summed E-state index contributed by atoms with van der Waals surface area (Å²) in [6.07, 6.45) is 7.07. The van der Waals surface area contributed by atoms with Crippen LogP contribution in [-0.4, -0.2) is 17.4 Å². The fourth-order valence-corrected chi connectivity index (χ4v) is 3.66. The first-order chi connectivity index (χ1) is 9.66. The summed E-state index contributed by atoms with van der Waals surface area (Å²) in [4.78, 5) is 14.4. The molecular weight excluding hydrogens is 246 g/mol. The number of unbranched alkanes of at least 4 members (excludes halogenated alkanes) is 1. The molecule has 0 saturated carbocycles. The number of benzene rings is 1. The SMILES string of the molecule is CCCCN1C(=O)CCC2(C)C1=CCc1ccccc12. The van der Waals surface area contributed by atoms with Gasteiger partial charge in [-0.05, 0) is 37.3 Å². The van der Waals surface area contributed by atoms with Crippen molar-refractivity contribution in [2.24, 2.45) is 0 Å². The number of piperidine rings is 1. The van der Waals surface area contributed by atoms with Gasteiger partial charge < -0.3 is 4.90 Å². The highest BCUT2D eigenvalue weighted by Crippen LogP contribution is 2.46. The molecule has 1 aliphatic heterocycles. The summed E-state index contributed by atoms with van der Waals surface area (Å²) in [6, 6.07) is 8.71. The molecule has 1 unspecified atom stereocenters. The molecule has 3 rings (SSSR count). The highest BCUT2D eigenvalue weighted by Gasteiger charge is 2.43. The van der Waals surface area contributed by atoms with Gasteiger partial charge in [0.2, 0.25) is 5.91 Å². The van der Waals surface area contributed by atoms with Gasteiger partial charge in [-0.2, -0.15) is 0 Å². The van der Waals surface area contributed by atoms with Gasteiger partial charge in [0.25, 0.3) is 0 Å². The molecule has 0 bridgehead atoms. The van der Waals surface area contributed by atoms with E-state index < -0.39 is 0 Å². The summed E-state index contributed by atoms with van der Waals surface area (Å²) in [5, 5.41) is 0. The minimum atomic E-state index is 0.0243. The highest BCUT2D eigenvalue weighted by atomic mass is 16.2. The molecule has 0 radical (unpaired) electrons. The second-order valence-electron chi connectivity index (χ2n) is 6.18. The van der Waals surface area contributed by atoms with Crippen molar-refractivity contribution in [2.75, 3.05) is 6.54 Å². The van der Waals surface area contributed by atoms with Crippen LogP contribution in [-0.2, 0) is 16.6 Å². The maximum atomic E-state index is 12.3. The molecule has 2 heteroatoms. The first kappa shape index (κ1) is 13.4. The Morgan fingerprint density at radius 1 is 1.30 bits per heavy atom. The molecule has 20 heavy (non-hydrogen) atoms. The van der Waals surface area contributed by atoms with Crippen LogP contribution in [0.25, 0.3) is 0 Å². The molecule has 1 fully saturated rings. The van der Waals surface area contributed by atoms with Crippen molar-refractivity contribution in [3.63, 3.8) is 0 Å². The van der Waals surface area contributed by atoms with Crippen molar-refractivity contribution < 1.29 is 4.79 Å². The Kier molecular flexibility index (Phi) is 3.41. The third-order valence-electron chi connectivity index (χ3n) is 4.86.